The van der Waals surface area contributed by atoms with Crippen LogP contribution in [0.3, 0.4) is 0 Å². The number of carbonyl (C=O) groups excluding carboxylic acids is 1. The Bertz CT molecular complexity index is 421. The number of hydrogen-bond acceptors (Lipinski definition) is 2. The highest BCUT2D eigenvalue weighted by Crippen LogP contribution is 2.31. The SMILES string of the molecule is CC(C)=CCOc1c(Cl)cc(Cl)cc1C=O. The molecule has 0 saturated carbocycles. The van der Waals surface area contributed by atoms with Crippen molar-refractivity contribution in [2.24, 2.45) is 0 Å². The highest BCUT2D eigenvalue weighted by molar-refractivity contribution is 6.36. The van der Waals surface area contributed by atoms with Gasteiger partial charge in [-0.1, -0.05) is 28.8 Å². The summed E-state index contributed by atoms with van der Waals surface area (Å²) in [4.78, 5) is 10.8. The lowest BCUT2D eigenvalue weighted by Crippen LogP contribution is -1.98. The number of ether oxygens (including phenoxy) is 1. The van der Waals surface area contributed by atoms with Gasteiger partial charge in [0.15, 0.2) is 6.29 Å². The summed E-state index contributed by atoms with van der Waals surface area (Å²) in [6.07, 6.45) is 2.58. The first kappa shape index (κ1) is 13.1. The molecule has 0 radical (unpaired) electrons. The van der Waals surface area contributed by atoms with Crippen molar-refractivity contribution in [3.8, 4) is 5.75 Å². The second kappa shape index (κ2) is 5.92. The van der Waals surface area contributed by atoms with Gasteiger partial charge in [-0.25, -0.2) is 0 Å². The van der Waals surface area contributed by atoms with Crippen molar-refractivity contribution in [2.75, 3.05) is 6.61 Å². The lowest BCUT2D eigenvalue weighted by molar-refractivity contribution is 0.112. The lowest BCUT2D eigenvalue weighted by Gasteiger charge is -2.09. The average Bonchev–Trinajstić information content (AvgIpc) is 2.20. The van der Waals surface area contributed by atoms with Crippen molar-refractivity contribution in [2.45, 2.75) is 13.8 Å². The molecule has 0 bridgehead atoms. The van der Waals surface area contributed by atoms with Crippen molar-refractivity contribution in [1.29, 1.82) is 0 Å². The third-order valence-corrected chi connectivity index (χ3v) is 2.38. The first-order chi connectivity index (χ1) is 7.54. The molecule has 0 aliphatic carbocycles. The number of halogens is 2. The lowest BCUT2D eigenvalue weighted by atomic mass is 10.2. The van der Waals surface area contributed by atoms with Crippen LogP contribution in [0.2, 0.25) is 10.0 Å². The molecule has 0 fully saturated rings. The van der Waals surface area contributed by atoms with Gasteiger partial charge in [0.05, 0.1) is 10.6 Å². The number of benzene rings is 1. The number of aldehydes is 1. The Morgan fingerprint density at radius 1 is 1.38 bits per heavy atom. The molecule has 16 heavy (non-hydrogen) atoms. The van der Waals surface area contributed by atoms with Crippen LogP contribution in [-0.4, -0.2) is 12.9 Å². The summed E-state index contributed by atoms with van der Waals surface area (Å²) < 4.78 is 5.43. The fraction of sp³-hybridized carbons (Fsp3) is 0.250. The minimum absolute atomic E-state index is 0.344. The first-order valence-corrected chi connectivity index (χ1v) is 5.50. The Kier molecular flexibility index (Phi) is 4.84. The van der Waals surface area contributed by atoms with Gasteiger partial charge in [0.2, 0.25) is 0 Å². The first-order valence-electron chi connectivity index (χ1n) is 4.75. The summed E-state index contributed by atoms with van der Waals surface area (Å²) in [5, 5.41) is 0.762. The van der Waals surface area contributed by atoms with E-state index in [1.807, 2.05) is 19.9 Å². The van der Waals surface area contributed by atoms with Crippen molar-refractivity contribution < 1.29 is 9.53 Å². The Morgan fingerprint density at radius 3 is 2.62 bits per heavy atom. The second-order valence-corrected chi connectivity index (χ2v) is 4.36. The van der Waals surface area contributed by atoms with Crippen LogP contribution >= 0.6 is 23.2 Å². The molecule has 0 spiro atoms. The number of carbonyl (C=O) groups is 1. The van der Waals surface area contributed by atoms with Crippen LogP contribution in [0, 0.1) is 0 Å². The van der Waals surface area contributed by atoms with Crippen LogP contribution in [0.15, 0.2) is 23.8 Å². The van der Waals surface area contributed by atoms with Crippen LogP contribution < -0.4 is 4.74 Å². The summed E-state index contributed by atoms with van der Waals surface area (Å²) in [5.74, 6) is 0.374. The fourth-order valence-corrected chi connectivity index (χ4v) is 1.68. The van der Waals surface area contributed by atoms with Crippen LogP contribution in [0.25, 0.3) is 0 Å². The van der Waals surface area contributed by atoms with Gasteiger partial charge < -0.3 is 4.74 Å². The third kappa shape index (κ3) is 3.54. The zero-order valence-electron chi connectivity index (χ0n) is 9.09. The predicted molar refractivity (Wildman–Crippen MR) is 66.8 cm³/mol. The maximum Gasteiger partial charge on any atom is 0.153 e. The van der Waals surface area contributed by atoms with Gasteiger partial charge in [0.25, 0.3) is 0 Å². The van der Waals surface area contributed by atoms with Gasteiger partial charge in [-0.05, 0) is 32.1 Å². The average molecular weight is 259 g/mol. The monoisotopic (exact) mass is 258 g/mol. The minimum atomic E-state index is 0.344. The smallest absolute Gasteiger partial charge is 0.153 e. The Balaban J connectivity index is 2.94. The molecule has 1 aromatic rings. The van der Waals surface area contributed by atoms with Gasteiger partial charge in [-0.15, -0.1) is 0 Å². The molecule has 0 saturated heterocycles. The molecule has 0 unspecified atom stereocenters. The van der Waals surface area contributed by atoms with E-state index in [1.54, 1.807) is 6.07 Å². The van der Waals surface area contributed by atoms with Crippen LogP contribution in [-0.2, 0) is 0 Å². The molecule has 0 amide bonds. The van der Waals surface area contributed by atoms with E-state index < -0.39 is 0 Å². The fourth-order valence-electron chi connectivity index (χ4n) is 1.11. The maximum absolute atomic E-state index is 10.8. The molecule has 4 heteroatoms. The van der Waals surface area contributed by atoms with Crippen molar-refractivity contribution in [1.82, 2.24) is 0 Å². The standard InChI is InChI=1S/C12H12Cl2O2/c1-8(2)3-4-16-12-9(7-15)5-10(13)6-11(12)14/h3,5-7H,4H2,1-2H3. The van der Waals surface area contributed by atoms with E-state index in [1.165, 1.54) is 6.07 Å². The Labute approximate surface area is 105 Å². The predicted octanol–water partition coefficient (Wildman–Crippen LogP) is 4.15. The molecule has 1 rings (SSSR count). The topological polar surface area (TPSA) is 26.3 Å². The van der Waals surface area contributed by atoms with E-state index in [-0.39, 0.29) is 0 Å². The largest absolute Gasteiger partial charge is 0.487 e. The van der Waals surface area contributed by atoms with E-state index in [2.05, 4.69) is 0 Å². The molecule has 2 nitrogen and oxygen atoms in total. The number of rotatable bonds is 4. The van der Waals surface area contributed by atoms with Gasteiger partial charge in [0, 0.05) is 5.02 Å². The molecule has 0 aliphatic rings. The molecular weight excluding hydrogens is 247 g/mol. The van der Waals surface area contributed by atoms with Crippen molar-refractivity contribution in [3.63, 3.8) is 0 Å². The summed E-state index contributed by atoms with van der Waals surface area (Å²) in [5.41, 5.74) is 1.50. The molecular formula is C12H12Cl2O2. The van der Waals surface area contributed by atoms with Crippen LogP contribution in [0.1, 0.15) is 24.2 Å². The molecule has 0 N–H and O–H groups in total. The number of hydrogen-bond donors (Lipinski definition) is 0. The molecule has 0 aliphatic heterocycles. The summed E-state index contributed by atoms with van der Waals surface area (Å²) in [6.45, 7) is 4.31. The molecule has 0 atom stereocenters. The zero-order chi connectivity index (χ0) is 12.1. The van der Waals surface area contributed by atoms with Gasteiger partial charge in [0.1, 0.15) is 12.4 Å². The Morgan fingerprint density at radius 2 is 2.06 bits per heavy atom. The molecule has 86 valence electrons. The minimum Gasteiger partial charge on any atom is -0.487 e. The van der Waals surface area contributed by atoms with Crippen molar-refractivity contribution >= 4 is 29.5 Å². The normalized spacial score (nSPS) is 9.75. The van der Waals surface area contributed by atoms with E-state index >= 15 is 0 Å². The maximum atomic E-state index is 10.8. The van der Waals surface area contributed by atoms with E-state index in [9.17, 15) is 4.79 Å². The zero-order valence-corrected chi connectivity index (χ0v) is 10.6. The van der Waals surface area contributed by atoms with Crippen molar-refractivity contribution in [3.05, 3.63) is 39.4 Å². The Hall–Kier alpha value is -0.990. The summed E-state index contributed by atoms with van der Waals surface area (Å²) >= 11 is 11.7. The molecule has 1 aromatic carbocycles. The van der Waals surface area contributed by atoms with E-state index in [0.29, 0.717) is 34.3 Å². The second-order valence-electron chi connectivity index (χ2n) is 3.52. The highest BCUT2D eigenvalue weighted by atomic mass is 35.5. The van der Waals surface area contributed by atoms with E-state index in [0.717, 1.165) is 5.57 Å². The highest BCUT2D eigenvalue weighted by Gasteiger charge is 2.09. The summed E-state index contributed by atoms with van der Waals surface area (Å²) in [7, 11) is 0. The van der Waals surface area contributed by atoms with E-state index in [4.69, 9.17) is 27.9 Å². The van der Waals surface area contributed by atoms with Gasteiger partial charge in [-0.3, -0.25) is 4.79 Å². The number of allylic oxidation sites excluding steroid dienone is 1. The quantitative estimate of drug-likeness (QED) is 0.599. The summed E-state index contributed by atoms with van der Waals surface area (Å²) in [6, 6.07) is 3.08. The molecule has 0 heterocycles. The molecule has 0 aromatic heterocycles. The third-order valence-electron chi connectivity index (χ3n) is 1.88. The van der Waals surface area contributed by atoms with Crippen LogP contribution in [0.5, 0.6) is 5.75 Å². The van der Waals surface area contributed by atoms with Gasteiger partial charge >= 0.3 is 0 Å². The van der Waals surface area contributed by atoms with Crippen LogP contribution in [0.4, 0.5) is 0 Å². The van der Waals surface area contributed by atoms with Gasteiger partial charge in [-0.2, -0.15) is 0 Å².